The Bertz CT molecular complexity index is 2400. The summed E-state index contributed by atoms with van der Waals surface area (Å²) in [6.45, 7) is 7.79. The van der Waals surface area contributed by atoms with Crippen molar-refractivity contribution in [2.24, 2.45) is 11.8 Å². The molecule has 2 saturated heterocycles. The molecule has 6 heterocycles. The van der Waals surface area contributed by atoms with Crippen LogP contribution in [-0.4, -0.2) is 121 Å². The molecule has 0 radical (unpaired) electrons. The molecule has 5 aromatic rings. The largest absolute Gasteiger partial charge is 0.451 e. The molecule has 6 N–H and O–H groups in total. The second-order valence-electron chi connectivity index (χ2n) is 13.9. The van der Waals surface area contributed by atoms with Crippen LogP contribution in [0.1, 0.15) is 63.9 Å². The Morgan fingerprint density at radius 2 is 1.33 bits per heavy atom. The highest BCUT2D eigenvalue weighted by Gasteiger charge is 2.49. The molecule has 0 unspecified atom stereocenters. The van der Waals surface area contributed by atoms with Gasteiger partial charge in [-0.2, -0.15) is 19.3 Å². The quantitative estimate of drug-likeness (QED) is 0.106. The van der Waals surface area contributed by atoms with E-state index in [0.29, 0.717) is 6.42 Å². The average molecular weight is 815 g/mol. The van der Waals surface area contributed by atoms with Crippen LogP contribution in [0.15, 0.2) is 39.9 Å². The molecule has 2 fully saturated rings. The van der Waals surface area contributed by atoms with Crippen LogP contribution < -0.4 is 21.8 Å². The van der Waals surface area contributed by atoms with Crippen LogP contribution in [0.3, 0.4) is 0 Å². The van der Waals surface area contributed by atoms with Crippen LogP contribution >= 0.6 is 0 Å². The summed E-state index contributed by atoms with van der Waals surface area (Å²) in [6, 6.07) is 8.16. The van der Waals surface area contributed by atoms with Crippen LogP contribution in [0.5, 0.6) is 0 Å². The molecule has 0 aliphatic carbocycles. The highest BCUT2D eigenvalue weighted by atomic mass is 19.1. The number of aromatic nitrogens is 10. The smallest absolute Gasteiger partial charge is 0.338 e. The predicted octanol–water partition coefficient (Wildman–Crippen LogP) is 0.678. The molecule has 0 saturated carbocycles. The number of halogens is 2. The van der Waals surface area contributed by atoms with Gasteiger partial charge in [0.2, 0.25) is 23.7 Å². The molecule has 2 aliphatic heterocycles. The zero-order valence-corrected chi connectivity index (χ0v) is 31.6. The Kier molecular flexibility index (Phi) is 12.3. The summed E-state index contributed by atoms with van der Waals surface area (Å²) in [6.07, 6.45) is -10.8. The maximum atomic E-state index is 15.2. The number of nitrogens with one attached hydrogen (secondary N) is 4. The van der Waals surface area contributed by atoms with E-state index in [1.165, 1.54) is 0 Å². The standard InChI is InChI=1S/C21H23FN6O5.C13H17FN6O5/c1-4-12-13(22)15(33-20(31)11-8-6-5-7-9-11)19(32-12)28-16-14(26-27-28)18(30)25-21(23-16)24-17(29)10(2)3;1-4(2)10(23)16-13-15-9-7(11(24)17-13)18-19-20(9)12-8(22)6(14)5(3-21)25-12/h5-10,12-13,15,19H,4H2,1-3H3,(H2,23,24,25,29,30);4-6,8,12,21-22H,3H2,1-2H3,(H2,15,16,17,23,24)/t12-,13-,15-,19-;5-,6-,8-,12-/m11/s1. The summed E-state index contributed by atoms with van der Waals surface area (Å²) in [5.41, 5.74) is -1.51. The molecule has 4 aromatic heterocycles. The van der Waals surface area contributed by atoms with Gasteiger partial charge in [-0.3, -0.25) is 39.8 Å². The van der Waals surface area contributed by atoms with Gasteiger partial charge in [0, 0.05) is 11.8 Å². The number of aromatic amines is 2. The number of carbonyl (C=O) groups is 3. The van der Waals surface area contributed by atoms with Crippen LogP contribution in [0, 0.1) is 11.8 Å². The molecule has 2 amide bonds. The maximum Gasteiger partial charge on any atom is 0.338 e. The van der Waals surface area contributed by atoms with Gasteiger partial charge in [0.15, 0.2) is 53.2 Å². The minimum atomic E-state index is -1.84. The van der Waals surface area contributed by atoms with Crippen LogP contribution in [-0.2, 0) is 23.8 Å². The highest BCUT2D eigenvalue weighted by molar-refractivity contribution is 5.92. The summed E-state index contributed by atoms with van der Waals surface area (Å²) in [7, 11) is 0. The lowest BCUT2D eigenvalue weighted by atomic mass is 10.1. The number of nitrogens with zero attached hydrogens (tertiary/aromatic N) is 8. The third-order valence-corrected chi connectivity index (χ3v) is 9.07. The first-order valence-corrected chi connectivity index (χ1v) is 18.1. The van der Waals surface area contributed by atoms with Gasteiger partial charge in [0.25, 0.3) is 11.1 Å². The van der Waals surface area contributed by atoms with Crippen molar-refractivity contribution in [3.63, 3.8) is 0 Å². The van der Waals surface area contributed by atoms with Gasteiger partial charge in [-0.05, 0) is 18.6 Å². The van der Waals surface area contributed by atoms with E-state index >= 15 is 4.39 Å². The molecule has 1 aromatic carbocycles. The normalized spacial score (nSPS) is 24.3. The summed E-state index contributed by atoms with van der Waals surface area (Å²) >= 11 is 0. The minimum absolute atomic E-state index is 0.0486. The number of benzene rings is 1. The number of hydrogen-bond donors (Lipinski definition) is 6. The minimum Gasteiger partial charge on any atom is -0.451 e. The van der Waals surface area contributed by atoms with Crippen LogP contribution in [0.25, 0.3) is 22.3 Å². The molecule has 2 aliphatic rings. The van der Waals surface area contributed by atoms with Crippen molar-refractivity contribution >= 4 is 52.0 Å². The third kappa shape index (κ3) is 8.30. The number of carbonyl (C=O) groups excluding carboxylic acids is 3. The predicted molar refractivity (Wildman–Crippen MR) is 195 cm³/mol. The highest BCUT2D eigenvalue weighted by Crippen LogP contribution is 2.36. The fourth-order valence-electron chi connectivity index (χ4n) is 5.83. The maximum absolute atomic E-state index is 15.2. The van der Waals surface area contributed by atoms with Gasteiger partial charge >= 0.3 is 5.97 Å². The number of rotatable bonds is 10. The van der Waals surface area contributed by atoms with Crippen molar-refractivity contribution in [2.45, 2.75) is 90.3 Å². The molecule has 58 heavy (non-hydrogen) atoms. The molecule has 24 heteroatoms. The average Bonchev–Trinajstić information content (AvgIpc) is 3.96. The van der Waals surface area contributed by atoms with Crippen LogP contribution in [0.2, 0.25) is 0 Å². The number of H-pyrrole nitrogens is 2. The number of alkyl halides is 2. The number of aliphatic hydroxyl groups excluding tert-OH is 2. The molecule has 8 atom stereocenters. The van der Waals surface area contributed by atoms with Crippen LogP contribution in [0.4, 0.5) is 20.7 Å². The van der Waals surface area contributed by atoms with Crippen molar-refractivity contribution in [2.75, 3.05) is 17.2 Å². The molecule has 0 spiro atoms. The molecule has 310 valence electrons. The van der Waals surface area contributed by atoms with E-state index in [1.54, 1.807) is 65.0 Å². The number of hydrogen-bond acceptors (Lipinski definition) is 16. The fraction of sp³-hybridized carbons (Fsp3) is 0.500. The SMILES string of the molecule is CC(C)C(=O)Nc1nc2c(nnn2[C@@H]2O[C@H](CO)[C@@H](F)[C@H]2O)c(=O)[nH]1.CC[C@H]1O[C@@H](n2nnc3c(=O)[nH]c(NC(=O)C(C)C)nc32)[C@H](OC(=O)c2ccccc2)[C@@H]1F. The van der Waals surface area contributed by atoms with E-state index < -0.39 is 72.9 Å². The number of anilines is 2. The summed E-state index contributed by atoms with van der Waals surface area (Å²) < 4.78 is 47.6. The van der Waals surface area contributed by atoms with Crippen molar-refractivity contribution in [3.8, 4) is 0 Å². The van der Waals surface area contributed by atoms with E-state index in [0.717, 1.165) is 9.36 Å². The van der Waals surface area contributed by atoms with E-state index in [-0.39, 0.29) is 63.4 Å². The van der Waals surface area contributed by atoms with E-state index in [2.05, 4.69) is 51.2 Å². The summed E-state index contributed by atoms with van der Waals surface area (Å²) in [5, 5.41) is 39.0. The molecular formula is C34H40F2N12O10. The van der Waals surface area contributed by atoms with Crippen molar-refractivity contribution < 1.29 is 47.6 Å². The first-order chi connectivity index (χ1) is 27.6. The van der Waals surface area contributed by atoms with Gasteiger partial charge in [0.05, 0.1) is 18.3 Å². The van der Waals surface area contributed by atoms with Crippen molar-refractivity contribution in [1.29, 1.82) is 0 Å². The molecule has 22 nitrogen and oxygen atoms in total. The Hall–Kier alpha value is -6.11. The lowest BCUT2D eigenvalue weighted by Gasteiger charge is -2.20. The number of fused-ring (bicyclic) bond motifs is 2. The second-order valence-corrected chi connectivity index (χ2v) is 13.9. The van der Waals surface area contributed by atoms with E-state index in [4.69, 9.17) is 19.3 Å². The monoisotopic (exact) mass is 814 g/mol. The van der Waals surface area contributed by atoms with Gasteiger partial charge in [-0.1, -0.05) is 63.2 Å². The number of esters is 1. The molecule has 0 bridgehead atoms. The van der Waals surface area contributed by atoms with E-state index in [1.807, 2.05) is 0 Å². The van der Waals surface area contributed by atoms with Gasteiger partial charge < -0.3 is 24.4 Å². The Labute approximate surface area is 325 Å². The van der Waals surface area contributed by atoms with Crippen molar-refractivity contribution in [1.82, 2.24) is 49.9 Å². The summed E-state index contributed by atoms with van der Waals surface area (Å²) in [5.74, 6) is -2.42. The molecular weight excluding hydrogens is 774 g/mol. The van der Waals surface area contributed by atoms with Gasteiger partial charge in [-0.15, -0.1) is 10.2 Å². The zero-order chi connectivity index (χ0) is 42.0. The third-order valence-electron chi connectivity index (χ3n) is 9.07. The second kappa shape index (κ2) is 17.2. The topological polar surface area (TPSA) is 296 Å². The number of ether oxygens (including phenoxy) is 3. The Balaban J connectivity index is 0.000000203. The molecule has 7 rings (SSSR count). The number of amides is 2. The summed E-state index contributed by atoms with van der Waals surface area (Å²) in [4.78, 5) is 73.9. The fourth-order valence-corrected chi connectivity index (χ4v) is 5.83. The lowest BCUT2D eigenvalue weighted by molar-refractivity contribution is -0.119. The lowest BCUT2D eigenvalue weighted by Crippen LogP contribution is -2.33. The van der Waals surface area contributed by atoms with Crippen molar-refractivity contribution in [3.05, 3.63) is 56.6 Å². The Morgan fingerprint density at radius 1 is 0.828 bits per heavy atom. The van der Waals surface area contributed by atoms with Gasteiger partial charge in [0.1, 0.15) is 12.2 Å². The Morgan fingerprint density at radius 3 is 1.79 bits per heavy atom. The first-order valence-electron chi connectivity index (χ1n) is 18.1. The number of aliphatic hydroxyl groups is 2. The first kappa shape index (κ1) is 41.5. The van der Waals surface area contributed by atoms with Gasteiger partial charge in [-0.25, -0.2) is 13.6 Å². The van der Waals surface area contributed by atoms with E-state index in [9.17, 15) is 33.5 Å². The zero-order valence-electron chi connectivity index (χ0n) is 31.6.